The van der Waals surface area contributed by atoms with Crippen LogP contribution in [0.3, 0.4) is 0 Å². The highest BCUT2D eigenvalue weighted by Gasteiger charge is 2.67. The highest BCUT2D eigenvalue weighted by molar-refractivity contribution is 7.22. The second kappa shape index (κ2) is 8.69. The average Bonchev–Trinajstić information content (AvgIpc) is 3.52. The molecule has 2 bridgehead atoms. The minimum absolute atomic E-state index is 0.107. The van der Waals surface area contributed by atoms with Gasteiger partial charge >= 0.3 is 0 Å². The number of para-hydroxylation sites is 1. The number of carbonyl (C=O) groups excluding carboxylic acids is 2. The lowest BCUT2D eigenvalue weighted by Crippen LogP contribution is -2.54. The first-order chi connectivity index (χ1) is 19.7. The van der Waals surface area contributed by atoms with E-state index < -0.39 is 17.3 Å². The highest BCUT2D eigenvalue weighted by Crippen LogP contribution is 2.63. The molecule has 1 aromatic heterocycles. The fourth-order valence-electron chi connectivity index (χ4n) is 7.14. The number of hydrazone groups is 1. The van der Waals surface area contributed by atoms with Gasteiger partial charge in [-0.15, -0.1) is 0 Å². The Kier molecular flexibility index (Phi) is 5.06. The fourth-order valence-corrected chi connectivity index (χ4v) is 7.96. The second-order valence-electron chi connectivity index (χ2n) is 10.6. The summed E-state index contributed by atoms with van der Waals surface area (Å²) in [6.45, 7) is 0.266. The molecule has 4 aromatic carbocycles. The van der Waals surface area contributed by atoms with Crippen LogP contribution < -0.4 is 5.43 Å². The highest BCUT2D eigenvalue weighted by atomic mass is 32.1. The Morgan fingerprint density at radius 3 is 2.20 bits per heavy atom. The van der Waals surface area contributed by atoms with Crippen LogP contribution in [0.15, 0.2) is 108 Å². The number of hydrogen-bond donors (Lipinski definition) is 1. The van der Waals surface area contributed by atoms with Gasteiger partial charge in [0.1, 0.15) is 0 Å². The molecule has 1 aliphatic heterocycles. The molecule has 2 heterocycles. The fraction of sp³-hybridized carbons (Fsp3) is 0.152. The van der Waals surface area contributed by atoms with Crippen molar-refractivity contribution < 1.29 is 9.59 Å². The van der Waals surface area contributed by atoms with Gasteiger partial charge in [0, 0.05) is 12.1 Å². The van der Waals surface area contributed by atoms with E-state index in [-0.39, 0.29) is 24.3 Å². The molecule has 6 nitrogen and oxygen atoms in total. The van der Waals surface area contributed by atoms with Crippen molar-refractivity contribution in [3.05, 3.63) is 131 Å². The molecule has 194 valence electrons. The molecule has 40 heavy (non-hydrogen) atoms. The number of rotatable bonds is 5. The number of likely N-dealkylation sites (tertiary alicyclic amines) is 1. The lowest BCUT2D eigenvalue weighted by Gasteiger charge is -2.52. The Labute approximate surface area is 235 Å². The van der Waals surface area contributed by atoms with Crippen LogP contribution in [0.25, 0.3) is 10.2 Å². The van der Waals surface area contributed by atoms with Crippen molar-refractivity contribution in [1.29, 1.82) is 0 Å². The van der Waals surface area contributed by atoms with E-state index >= 15 is 0 Å². The molecule has 0 radical (unpaired) electrons. The molecular weight excluding hydrogens is 516 g/mol. The summed E-state index contributed by atoms with van der Waals surface area (Å²) in [5.41, 5.74) is 8.36. The van der Waals surface area contributed by atoms with Gasteiger partial charge in [0.15, 0.2) is 0 Å². The van der Waals surface area contributed by atoms with Gasteiger partial charge in [-0.1, -0.05) is 102 Å². The van der Waals surface area contributed by atoms with Gasteiger partial charge in [-0.05, 0) is 39.9 Å². The smallest absolute Gasteiger partial charge is 0.235 e. The van der Waals surface area contributed by atoms with Crippen molar-refractivity contribution in [1.82, 2.24) is 9.88 Å². The maximum absolute atomic E-state index is 14.3. The molecule has 1 saturated heterocycles. The molecule has 3 aliphatic carbocycles. The van der Waals surface area contributed by atoms with E-state index in [0.717, 1.165) is 38.0 Å². The number of carbonyl (C=O) groups is 2. The van der Waals surface area contributed by atoms with E-state index in [4.69, 9.17) is 5.10 Å². The third kappa shape index (κ3) is 3.15. The second-order valence-corrected chi connectivity index (χ2v) is 11.7. The Morgan fingerprint density at radius 1 is 0.825 bits per heavy atom. The molecule has 0 spiro atoms. The SMILES string of the molecule is O=C1[C@@H]2C3c4ccccc4C(/C=N\Nc4nc5ccccc5s4)(c4ccccc43)[C@H]2C(=O)N1Cc1ccccc1. The van der Waals surface area contributed by atoms with Crippen molar-refractivity contribution in [2.45, 2.75) is 17.9 Å². The first kappa shape index (κ1) is 23.3. The lowest BCUT2D eigenvalue weighted by molar-refractivity contribution is -0.140. The summed E-state index contributed by atoms with van der Waals surface area (Å²) in [7, 11) is 0. The van der Waals surface area contributed by atoms with E-state index in [1.165, 1.54) is 16.2 Å². The van der Waals surface area contributed by atoms with Crippen molar-refractivity contribution in [2.24, 2.45) is 16.9 Å². The molecule has 1 N–H and O–H groups in total. The molecule has 0 unspecified atom stereocenters. The number of hydrogen-bond acceptors (Lipinski definition) is 6. The van der Waals surface area contributed by atoms with Crippen LogP contribution in [0.2, 0.25) is 0 Å². The van der Waals surface area contributed by atoms with Crippen LogP contribution in [0.5, 0.6) is 0 Å². The monoisotopic (exact) mass is 540 g/mol. The predicted molar refractivity (Wildman–Crippen MR) is 156 cm³/mol. The van der Waals surface area contributed by atoms with E-state index in [1.807, 2.05) is 85.1 Å². The van der Waals surface area contributed by atoms with Crippen LogP contribution in [-0.4, -0.2) is 27.9 Å². The molecule has 2 amide bonds. The van der Waals surface area contributed by atoms with Crippen molar-refractivity contribution in [3.63, 3.8) is 0 Å². The Morgan fingerprint density at radius 2 is 1.48 bits per heavy atom. The number of amides is 2. The number of thiazole rings is 1. The summed E-state index contributed by atoms with van der Waals surface area (Å²) in [4.78, 5) is 34.6. The molecule has 4 aliphatic rings. The first-order valence-corrected chi connectivity index (χ1v) is 14.2. The summed E-state index contributed by atoms with van der Waals surface area (Å²) in [5, 5.41) is 5.42. The normalized spacial score (nSPS) is 24.4. The topological polar surface area (TPSA) is 74.7 Å². The third-order valence-corrected chi connectivity index (χ3v) is 9.62. The standard InChI is InChI=1S/C33H24N4O2S/c38-30-28-27-21-12-4-6-14-23(21)33(24-15-7-5-13-22(24)27,19-34-36-32-35-25-16-8-9-17-26(25)40-32)29(28)31(39)37(30)18-20-10-2-1-3-11-20/h1-17,19,27-29H,18H2,(H,35,36)/b34-19-/t27?,28-,29-,33?/m1/s1. The van der Waals surface area contributed by atoms with E-state index in [0.29, 0.717) is 5.13 Å². The molecule has 7 heteroatoms. The van der Waals surface area contributed by atoms with Crippen LogP contribution in [0.4, 0.5) is 5.13 Å². The van der Waals surface area contributed by atoms with Gasteiger partial charge in [0.2, 0.25) is 16.9 Å². The summed E-state index contributed by atoms with van der Waals surface area (Å²) in [6.07, 6.45) is 1.86. The van der Waals surface area contributed by atoms with Gasteiger partial charge in [-0.2, -0.15) is 5.10 Å². The Hall–Kier alpha value is -4.62. The van der Waals surface area contributed by atoms with Crippen molar-refractivity contribution in [2.75, 3.05) is 5.43 Å². The van der Waals surface area contributed by atoms with Crippen LogP contribution >= 0.6 is 11.3 Å². The zero-order chi connectivity index (χ0) is 26.8. The molecular formula is C33H24N4O2S. The van der Waals surface area contributed by atoms with Gasteiger partial charge in [-0.3, -0.25) is 19.9 Å². The van der Waals surface area contributed by atoms with E-state index in [2.05, 4.69) is 34.7 Å². The van der Waals surface area contributed by atoms with Gasteiger partial charge in [0.25, 0.3) is 0 Å². The molecule has 2 atom stereocenters. The maximum atomic E-state index is 14.3. The van der Waals surface area contributed by atoms with E-state index in [9.17, 15) is 9.59 Å². The number of aromatic nitrogens is 1. The van der Waals surface area contributed by atoms with Gasteiger partial charge < -0.3 is 0 Å². The molecule has 9 rings (SSSR count). The van der Waals surface area contributed by atoms with Crippen molar-refractivity contribution >= 4 is 44.7 Å². The predicted octanol–water partition coefficient (Wildman–Crippen LogP) is 5.94. The zero-order valence-electron chi connectivity index (χ0n) is 21.4. The molecule has 1 fully saturated rings. The number of imide groups is 1. The number of fused-ring (bicyclic) bond motifs is 1. The van der Waals surface area contributed by atoms with Crippen LogP contribution in [-0.2, 0) is 21.5 Å². The number of nitrogens with zero attached hydrogens (tertiary/aromatic N) is 3. The molecule has 5 aromatic rings. The maximum Gasteiger partial charge on any atom is 0.235 e. The summed E-state index contributed by atoms with van der Waals surface area (Å²) < 4.78 is 1.07. The number of anilines is 1. The molecule has 0 saturated carbocycles. The first-order valence-electron chi connectivity index (χ1n) is 13.4. The minimum Gasteiger partial charge on any atom is -0.278 e. The van der Waals surface area contributed by atoms with Crippen molar-refractivity contribution in [3.8, 4) is 0 Å². The Bertz CT molecular complexity index is 1770. The van der Waals surface area contributed by atoms with Crippen LogP contribution in [0, 0.1) is 11.8 Å². The zero-order valence-corrected chi connectivity index (χ0v) is 22.2. The third-order valence-electron chi connectivity index (χ3n) is 8.68. The summed E-state index contributed by atoms with van der Waals surface area (Å²) >= 11 is 1.53. The number of benzene rings is 4. The minimum atomic E-state index is -0.894. The summed E-state index contributed by atoms with van der Waals surface area (Å²) in [5.74, 6) is -1.50. The largest absolute Gasteiger partial charge is 0.278 e. The van der Waals surface area contributed by atoms with Gasteiger partial charge in [-0.25, -0.2) is 4.98 Å². The lowest BCUT2D eigenvalue weighted by atomic mass is 9.47. The summed E-state index contributed by atoms with van der Waals surface area (Å²) in [6, 6.07) is 34.1. The number of nitrogens with one attached hydrogen (secondary N) is 1. The average molecular weight is 541 g/mol. The van der Waals surface area contributed by atoms with E-state index in [1.54, 1.807) is 0 Å². The Balaban J connectivity index is 1.28. The van der Waals surface area contributed by atoms with Gasteiger partial charge in [0.05, 0.1) is 34.0 Å². The quantitative estimate of drug-likeness (QED) is 0.170. The van der Waals surface area contributed by atoms with Crippen LogP contribution in [0.1, 0.15) is 33.7 Å².